The average Bonchev–Trinajstić information content (AvgIpc) is 2.47. The Balaban J connectivity index is 2.67. The predicted octanol–water partition coefficient (Wildman–Crippen LogP) is 3.13. The van der Waals surface area contributed by atoms with Crippen molar-refractivity contribution in [3.63, 3.8) is 0 Å². The molecule has 2 atom stereocenters. The number of aliphatic hydroxyl groups excluding tert-OH is 1. The summed E-state index contributed by atoms with van der Waals surface area (Å²) in [7, 11) is 0. The Hall–Kier alpha value is -1.94. The van der Waals surface area contributed by atoms with Crippen molar-refractivity contribution >= 4 is 5.91 Å². The first kappa shape index (κ1) is 17.1. The summed E-state index contributed by atoms with van der Waals surface area (Å²) in [6, 6.07) is 5.11. The minimum atomic E-state index is -0.886. The van der Waals surface area contributed by atoms with Crippen molar-refractivity contribution in [1.29, 1.82) is 0 Å². The van der Waals surface area contributed by atoms with E-state index in [1.54, 1.807) is 19.1 Å². The summed E-state index contributed by atoms with van der Waals surface area (Å²) in [5, 5.41) is 13.0. The van der Waals surface area contributed by atoms with Crippen molar-refractivity contribution in [3.05, 3.63) is 61.0 Å². The molecular formula is C17H22FNO2. The largest absolute Gasteiger partial charge is 0.386 e. The molecule has 0 aliphatic heterocycles. The molecule has 0 saturated heterocycles. The highest BCUT2D eigenvalue weighted by molar-refractivity contribution is 5.79. The molecule has 4 heteroatoms. The van der Waals surface area contributed by atoms with Gasteiger partial charge in [0.15, 0.2) is 0 Å². The first-order valence-corrected chi connectivity index (χ1v) is 6.95. The molecule has 0 bridgehead atoms. The van der Waals surface area contributed by atoms with Crippen molar-refractivity contribution in [2.75, 3.05) is 0 Å². The quantitative estimate of drug-likeness (QED) is 0.723. The molecule has 114 valence electrons. The van der Waals surface area contributed by atoms with Crippen LogP contribution >= 0.6 is 0 Å². The van der Waals surface area contributed by atoms with E-state index in [2.05, 4.69) is 18.5 Å². The van der Waals surface area contributed by atoms with Crippen LogP contribution in [0.15, 0.2) is 49.6 Å². The summed E-state index contributed by atoms with van der Waals surface area (Å²) in [6.45, 7) is 8.99. The average molecular weight is 291 g/mol. The van der Waals surface area contributed by atoms with Gasteiger partial charge >= 0.3 is 0 Å². The van der Waals surface area contributed by atoms with Gasteiger partial charge in [-0.15, -0.1) is 13.2 Å². The third kappa shape index (κ3) is 5.16. The van der Waals surface area contributed by atoms with Gasteiger partial charge in [-0.1, -0.05) is 24.3 Å². The van der Waals surface area contributed by atoms with Crippen molar-refractivity contribution < 1.29 is 14.3 Å². The van der Waals surface area contributed by atoms with E-state index in [1.165, 1.54) is 24.3 Å². The number of carbonyl (C=O) groups is 1. The molecule has 0 radical (unpaired) electrons. The van der Waals surface area contributed by atoms with E-state index in [4.69, 9.17) is 0 Å². The van der Waals surface area contributed by atoms with Crippen LogP contribution in [-0.4, -0.2) is 17.1 Å². The van der Waals surface area contributed by atoms with Crippen LogP contribution < -0.4 is 5.32 Å². The lowest BCUT2D eigenvalue weighted by molar-refractivity contribution is -0.126. The number of hydrogen-bond donors (Lipinski definition) is 2. The number of hydrogen-bond acceptors (Lipinski definition) is 2. The van der Waals surface area contributed by atoms with Gasteiger partial charge in [0.25, 0.3) is 0 Å². The lowest BCUT2D eigenvalue weighted by Gasteiger charge is -2.23. The van der Waals surface area contributed by atoms with Crippen molar-refractivity contribution in [3.8, 4) is 0 Å². The molecule has 0 saturated carbocycles. The van der Waals surface area contributed by atoms with Crippen LogP contribution in [0.3, 0.4) is 0 Å². The standard InChI is InChI=1S/C17H22FNO2/c1-4-6-14(7-5-2)17(21)19-12(3)16(20)13-8-10-15(18)11-9-13/h4-5,8-12,14,16,20H,1-2,6-7H2,3H3,(H,19,21). The van der Waals surface area contributed by atoms with E-state index in [1.807, 2.05) is 0 Å². The number of allylic oxidation sites excluding steroid dienone is 2. The Morgan fingerprint density at radius 1 is 1.29 bits per heavy atom. The molecule has 3 nitrogen and oxygen atoms in total. The summed E-state index contributed by atoms with van der Waals surface area (Å²) < 4.78 is 12.9. The highest BCUT2D eigenvalue weighted by atomic mass is 19.1. The van der Waals surface area contributed by atoms with Gasteiger partial charge in [0, 0.05) is 5.92 Å². The molecule has 1 amide bonds. The van der Waals surface area contributed by atoms with Gasteiger partial charge < -0.3 is 10.4 Å². The molecule has 0 aliphatic carbocycles. The lowest BCUT2D eigenvalue weighted by atomic mass is 9.98. The van der Waals surface area contributed by atoms with Gasteiger partial charge in [-0.2, -0.15) is 0 Å². The zero-order valence-electron chi connectivity index (χ0n) is 12.3. The first-order valence-electron chi connectivity index (χ1n) is 6.95. The summed E-state index contributed by atoms with van der Waals surface area (Å²) in [6.07, 6.45) is 3.60. The van der Waals surface area contributed by atoms with Crippen molar-refractivity contribution in [2.45, 2.75) is 31.9 Å². The normalized spacial score (nSPS) is 13.5. The van der Waals surface area contributed by atoms with Gasteiger partial charge in [0.2, 0.25) is 5.91 Å². The number of amides is 1. The molecule has 2 unspecified atom stereocenters. The highest BCUT2D eigenvalue weighted by Gasteiger charge is 2.22. The molecule has 0 spiro atoms. The molecule has 21 heavy (non-hydrogen) atoms. The van der Waals surface area contributed by atoms with Crippen LogP contribution in [0.25, 0.3) is 0 Å². The van der Waals surface area contributed by atoms with Crippen LogP contribution in [0.5, 0.6) is 0 Å². The molecule has 0 fully saturated rings. The minimum absolute atomic E-state index is 0.150. The van der Waals surface area contributed by atoms with E-state index in [9.17, 15) is 14.3 Å². The fourth-order valence-electron chi connectivity index (χ4n) is 2.08. The summed E-state index contributed by atoms with van der Waals surface area (Å²) in [5.74, 6) is -0.744. The topological polar surface area (TPSA) is 49.3 Å². The zero-order valence-corrected chi connectivity index (χ0v) is 12.3. The number of carbonyl (C=O) groups excluding carboxylic acids is 1. The Kier molecular flexibility index (Phi) is 6.82. The van der Waals surface area contributed by atoms with Crippen molar-refractivity contribution in [2.24, 2.45) is 5.92 Å². The van der Waals surface area contributed by atoms with Crippen LogP contribution in [0.1, 0.15) is 31.4 Å². The van der Waals surface area contributed by atoms with E-state index in [0.29, 0.717) is 18.4 Å². The molecule has 0 aromatic heterocycles. The predicted molar refractivity (Wildman–Crippen MR) is 82.1 cm³/mol. The third-order valence-electron chi connectivity index (χ3n) is 3.33. The van der Waals surface area contributed by atoms with Gasteiger partial charge in [-0.05, 0) is 37.5 Å². The summed E-state index contributed by atoms with van der Waals surface area (Å²) in [5.41, 5.74) is 0.563. The maximum atomic E-state index is 12.9. The maximum absolute atomic E-state index is 12.9. The Labute approximate surface area is 125 Å². The molecule has 1 aromatic carbocycles. The second-order valence-corrected chi connectivity index (χ2v) is 5.04. The minimum Gasteiger partial charge on any atom is -0.386 e. The Morgan fingerprint density at radius 3 is 2.29 bits per heavy atom. The lowest BCUT2D eigenvalue weighted by Crippen LogP contribution is -2.40. The van der Waals surface area contributed by atoms with Crippen LogP contribution in [0.2, 0.25) is 0 Å². The van der Waals surface area contributed by atoms with Gasteiger partial charge in [-0.3, -0.25) is 4.79 Å². The van der Waals surface area contributed by atoms with E-state index in [0.717, 1.165) is 0 Å². The van der Waals surface area contributed by atoms with E-state index >= 15 is 0 Å². The molecule has 2 N–H and O–H groups in total. The van der Waals surface area contributed by atoms with E-state index in [-0.39, 0.29) is 17.6 Å². The Bertz CT molecular complexity index is 474. The molecular weight excluding hydrogens is 269 g/mol. The summed E-state index contributed by atoms with van der Waals surface area (Å²) >= 11 is 0. The number of aliphatic hydroxyl groups is 1. The Morgan fingerprint density at radius 2 is 1.81 bits per heavy atom. The number of benzene rings is 1. The fourth-order valence-corrected chi connectivity index (χ4v) is 2.08. The molecule has 0 heterocycles. The van der Waals surface area contributed by atoms with E-state index < -0.39 is 12.1 Å². The fraction of sp³-hybridized carbons (Fsp3) is 0.353. The second-order valence-electron chi connectivity index (χ2n) is 5.04. The maximum Gasteiger partial charge on any atom is 0.224 e. The number of halogens is 1. The highest BCUT2D eigenvalue weighted by Crippen LogP contribution is 2.18. The zero-order chi connectivity index (χ0) is 15.8. The van der Waals surface area contributed by atoms with Gasteiger partial charge in [0.1, 0.15) is 5.82 Å². The second kappa shape index (κ2) is 8.37. The summed E-state index contributed by atoms with van der Waals surface area (Å²) in [4.78, 5) is 12.1. The first-order chi connectivity index (χ1) is 9.99. The smallest absolute Gasteiger partial charge is 0.224 e. The van der Waals surface area contributed by atoms with Crippen LogP contribution in [0, 0.1) is 11.7 Å². The monoisotopic (exact) mass is 291 g/mol. The molecule has 1 aromatic rings. The number of nitrogens with one attached hydrogen (secondary N) is 1. The van der Waals surface area contributed by atoms with Gasteiger partial charge in [0.05, 0.1) is 12.1 Å². The molecule has 0 aliphatic rings. The van der Waals surface area contributed by atoms with Crippen molar-refractivity contribution in [1.82, 2.24) is 5.32 Å². The third-order valence-corrected chi connectivity index (χ3v) is 3.33. The number of rotatable bonds is 8. The van der Waals surface area contributed by atoms with Gasteiger partial charge in [-0.25, -0.2) is 4.39 Å². The molecule has 1 rings (SSSR count). The van der Waals surface area contributed by atoms with Crippen LogP contribution in [0.4, 0.5) is 4.39 Å². The SMILES string of the molecule is C=CCC(CC=C)C(=O)NC(C)C(O)c1ccc(F)cc1. The van der Waals surface area contributed by atoms with Crippen LogP contribution in [-0.2, 0) is 4.79 Å².